The van der Waals surface area contributed by atoms with Crippen molar-refractivity contribution in [3.8, 4) is 6.07 Å². The second-order valence-electron chi connectivity index (χ2n) is 4.64. The third kappa shape index (κ3) is 3.68. The Labute approximate surface area is 143 Å². The molecule has 7 heteroatoms. The minimum absolute atomic E-state index is 0.0760. The molecule has 0 aliphatic rings. The Kier molecular flexibility index (Phi) is 5.24. The van der Waals surface area contributed by atoms with Crippen molar-refractivity contribution in [2.75, 3.05) is 7.05 Å². The number of rotatable bonds is 4. The highest BCUT2D eigenvalue weighted by Gasteiger charge is 2.24. The van der Waals surface area contributed by atoms with E-state index in [1.165, 1.54) is 29.6 Å². The van der Waals surface area contributed by atoms with Crippen LogP contribution in [0.15, 0.2) is 51.8 Å². The molecule has 0 aliphatic heterocycles. The maximum atomic E-state index is 12.6. The molecule has 0 unspecified atom stereocenters. The van der Waals surface area contributed by atoms with Crippen molar-refractivity contribution in [2.45, 2.75) is 11.4 Å². The molecule has 0 saturated carbocycles. The molecule has 0 fully saturated rings. The van der Waals surface area contributed by atoms with Crippen LogP contribution >= 0.6 is 27.5 Å². The molecule has 2 rings (SSSR count). The number of nitriles is 1. The van der Waals surface area contributed by atoms with Gasteiger partial charge in [-0.2, -0.15) is 9.57 Å². The van der Waals surface area contributed by atoms with Crippen LogP contribution in [0.2, 0.25) is 5.02 Å². The van der Waals surface area contributed by atoms with Gasteiger partial charge in [-0.25, -0.2) is 8.42 Å². The van der Waals surface area contributed by atoms with Crippen molar-refractivity contribution in [1.29, 1.82) is 5.26 Å². The van der Waals surface area contributed by atoms with Gasteiger partial charge in [0.25, 0.3) is 0 Å². The van der Waals surface area contributed by atoms with Crippen LogP contribution in [-0.2, 0) is 16.6 Å². The second-order valence-corrected chi connectivity index (χ2v) is 8.01. The van der Waals surface area contributed by atoms with Crippen LogP contribution in [0.4, 0.5) is 0 Å². The Morgan fingerprint density at radius 3 is 2.45 bits per heavy atom. The molecule has 2 aromatic carbocycles. The number of halogens is 2. The summed E-state index contributed by atoms with van der Waals surface area (Å²) in [6.07, 6.45) is 0. The molecule has 0 aromatic heterocycles. The van der Waals surface area contributed by atoms with Crippen molar-refractivity contribution in [1.82, 2.24) is 4.31 Å². The first-order valence-corrected chi connectivity index (χ1v) is 8.86. The van der Waals surface area contributed by atoms with Crippen molar-refractivity contribution < 1.29 is 8.42 Å². The van der Waals surface area contributed by atoms with E-state index >= 15 is 0 Å². The van der Waals surface area contributed by atoms with Crippen LogP contribution in [0.1, 0.15) is 11.1 Å². The summed E-state index contributed by atoms with van der Waals surface area (Å²) in [4.78, 5) is -0.0814. The zero-order chi connectivity index (χ0) is 16.3. The lowest BCUT2D eigenvalue weighted by atomic mass is 10.2. The van der Waals surface area contributed by atoms with Crippen LogP contribution in [0, 0.1) is 11.3 Å². The third-order valence-corrected chi connectivity index (χ3v) is 5.68. The largest absolute Gasteiger partial charge is 0.244 e. The molecular weight excluding hydrogens is 388 g/mol. The molecule has 114 valence electrons. The quantitative estimate of drug-likeness (QED) is 0.785. The third-order valence-electron chi connectivity index (χ3n) is 3.07. The van der Waals surface area contributed by atoms with Crippen LogP contribution in [0.3, 0.4) is 0 Å². The average Bonchev–Trinajstić information content (AvgIpc) is 2.49. The zero-order valence-corrected chi connectivity index (χ0v) is 14.8. The van der Waals surface area contributed by atoms with Crippen molar-refractivity contribution in [3.63, 3.8) is 0 Å². The van der Waals surface area contributed by atoms with E-state index in [1.807, 2.05) is 30.3 Å². The molecule has 22 heavy (non-hydrogen) atoms. The predicted molar refractivity (Wildman–Crippen MR) is 89.0 cm³/mol. The summed E-state index contributed by atoms with van der Waals surface area (Å²) in [5, 5.41) is 9.37. The molecule has 0 saturated heterocycles. The highest BCUT2D eigenvalue weighted by atomic mass is 79.9. The fraction of sp³-hybridized carbons (Fsp3) is 0.133. The molecule has 0 spiro atoms. The molecule has 0 amide bonds. The maximum absolute atomic E-state index is 12.6. The highest BCUT2D eigenvalue weighted by Crippen LogP contribution is 2.24. The number of nitrogens with zero attached hydrogens (tertiary/aromatic N) is 2. The standard InChI is InChI=1S/C15H12BrClN2O2S/c1-19(10-11-2-5-13(16)6-3-11)22(20,21)15-8-14(17)7-4-12(15)9-18/h2-8H,10H2,1H3. The minimum Gasteiger partial charge on any atom is -0.207 e. The van der Waals surface area contributed by atoms with E-state index in [-0.39, 0.29) is 22.0 Å². The lowest BCUT2D eigenvalue weighted by Gasteiger charge is -2.18. The Morgan fingerprint density at radius 1 is 1.23 bits per heavy atom. The summed E-state index contributed by atoms with van der Waals surface area (Å²) in [7, 11) is -2.33. The topological polar surface area (TPSA) is 61.2 Å². The molecule has 0 radical (unpaired) electrons. The number of hydrogen-bond acceptors (Lipinski definition) is 3. The molecular formula is C15H12BrClN2O2S. The highest BCUT2D eigenvalue weighted by molar-refractivity contribution is 9.10. The first-order chi connectivity index (χ1) is 10.3. The normalized spacial score (nSPS) is 11.4. The summed E-state index contributed by atoms with van der Waals surface area (Å²) >= 11 is 9.20. The van der Waals surface area contributed by atoms with E-state index in [4.69, 9.17) is 16.9 Å². The number of sulfonamides is 1. The van der Waals surface area contributed by atoms with Crippen LogP contribution in [0.5, 0.6) is 0 Å². The van der Waals surface area contributed by atoms with Gasteiger partial charge in [0, 0.05) is 23.1 Å². The number of benzene rings is 2. The molecule has 0 heterocycles. The number of hydrogen-bond donors (Lipinski definition) is 0. The first kappa shape index (κ1) is 17.0. The van der Waals surface area contributed by atoms with Gasteiger partial charge in [-0.05, 0) is 35.9 Å². The molecule has 0 bridgehead atoms. The Balaban J connectivity index is 2.36. The van der Waals surface area contributed by atoms with Crippen LogP contribution in [-0.4, -0.2) is 19.8 Å². The summed E-state index contributed by atoms with van der Waals surface area (Å²) in [5.41, 5.74) is 0.918. The van der Waals surface area contributed by atoms with Gasteiger partial charge in [0.05, 0.1) is 5.56 Å². The molecule has 0 aliphatic carbocycles. The summed E-state index contributed by atoms with van der Waals surface area (Å²) in [6.45, 7) is 0.201. The summed E-state index contributed by atoms with van der Waals surface area (Å²) in [5.74, 6) is 0. The molecule has 0 N–H and O–H groups in total. The summed E-state index contributed by atoms with van der Waals surface area (Å²) in [6, 6.07) is 13.4. The van der Waals surface area contributed by atoms with Crippen molar-refractivity contribution in [2.24, 2.45) is 0 Å². The average molecular weight is 400 g/mol. The van der Waals surface area contributed by atoms with Gasteiger partial charge in [-0.15, -0.1) is 0 Å². The fourth-order valence-electron chi connectivity index (χ4n) is 1.90. The Hall–Kier alpha value is -1.39. The van der Waals surface area contributed by atoms with E-state index in [1.54, 1.807) is 0 Å². The van der Waals surface area contributed by atoms with Gasteiger partial charge in [0.2, 0.25) is 10.0 Å². The first-order valence-electron chi connectivity index (χ1n) is 6.25. The Morgan fingerprint density at radius 2 is 1.86 bits per heavy atom. The predicted octanol–water partition coefficient (Wildman–Crippen LogP) is 3.79. The molecule has 2 aromatic rings. The molecule has 4 nitrogen and oxygen atoms in total. The van der Waals surface area contributed by atoms with Gasteiger partial charge in [-0.3, -0.25) is 0 Å². The Bertz CT molecular complexity index is 830. The van der Waals surface area contributed by atoms with E-state index in [2.05, 4.69) is 15.9 Å². The SMILES string of the molecule is CN(Cc1ccc(Br)cc1)S(=O)(=O)c1cc(Cl)ccc1C#N. The van der Waals surface area contributed by atoms with Gasteiger partial charge in [-0.1, -0.05) is 39.7 Å². The smallest absolute Gasteiger partial charge is 0.207 e. The van der Waals surface area contributed by atoms with E-state index in [0.717, 1.165) is 10.0 Å². The van der Waals surface area contributed by atoms with Gasteiger partial charge in [0.15, 0.2) is 0 Å². The second kappa shape index (κ2) is 6.80. The van der Waals surface area contributed by atoms with Crippen molar-refractivity contribution >= 4 is 37.6 Å². The van der Waals surface area contributed by atoms with Crippen molar-refractivity contribution in [3.05, 3.63) is 63.1 Å². The molecule has 0 atom stereocenters. The van der Waals surface area contributed by atoms with Gasteiger partial charge in [0.1, 0.15) is 11.0 Å². The van der Waals surface area contributed by atoms with E-state index in [0.29, 0.717) is 0 Å². The van der Waals surface area contributed by atoms with Crippen LogP contribution in [0.25, 0.3) is 0 Å². The van der Waals surface area contributed by atoms with E-state index in [9.17, 15) is 8.42 Å². The monoisotopic (exact) mass is 398 g/mol. The van der Waals surface area contributed by atoms with Gasteiger partial charge >= 0.3 is 0 Å². The fourth-order valence-corrected chi connectivity index (χ4v) is 3.73. The summed E-state index contributed by atoms with van der Waals surface area (Å²) < 4.78 is 27.4. The lowest BCUT2D eigenvalue weighted by molar-refractivity contribution is 0.466. The van der Waals surface area contributed by atoms with Gasteiger partial charge < -0.3 is 0 Å². The van der Waals surface area contributed by atoms with E-state index < -0.39 is 10.0 Å². The minimum atomic E-state index is -3.80. The lowest BCUT2D eigenvalue weighted by Crippen LogP contribution is -2.27. The maximum Gasteiger partial charge on any atom is 0.244 e. The van der Waals surface area contributed by atoms with Crippen LogP contribution < -0.4 is 0 Å². The zero-order valence-electron chi connectivity index (χ0n) is 11.6.